The molecular formula is C21H24FN5O4. The molecule has 1 aromatic carbocycles. The number of rotatable bonds is 4. The van der Waals surface area contributed by atoms with E-state index in [4.69, 9.17) is 9.47 Å². The van der Waals surface area contributed by atoms with Gasteiger partial charge in [-0.1, -0.05) is 6.92 Å². The average Bonchev–Trinajstić information content (AvgIpc) is 3.46. The van der Waals surface area contributed by atoms with Gasteiger partial charge in [0.2, 0.25) is 5.91 Å². The Balaban J connectivity index is 1.40. The summed E-state index contributed by atoms with van der Waals surface area (Å²) in [6.07, 6.45) is 2.02. The van der Waals surface area contributed by atoms with Crippen molar-refractivity contribution < 1.29 is 23.5 Å². The van der Waals surface area contributed by atoms with Gasteiger partial charge in [0.15, 0.2) is 11.6 Å². The number of carbonyl (C=O) groups is 2. The molecule has 31 heavy (non-hydrogen) atoms. The van der Waals surface area contributed by atoms with Gasteiger partial charge in [-0.2, -0.15) is 0 Å². The molecule has 0 bridgehead atoms. The summed E-state index contributed by atoms with van der Waals surface area (Å²) >= 11 is 0. The van der Waals surface area contributed by atoms with Crippen molar-refractivity contribution in [2.45, 2.75) is 38.0 Å². The van der Waals surface area contributed by atoms with E-state index in [9.17, 15) is 14.0 Å². The quantitative estimate of drug-likeness (QED) is 0.732. The molecule has 1 unspecified atom stereocenters. The SMILES string of the molecule is CCC(=O)N1CCC(N2C(=O)O[C@H]3CN(c4ncnc5cc(F)c(OC)cc45)C[C@H]32)C1. The fraction of sp³-hybridized carbons (Fsp3) is 0.524. The van der Waals surface area contributed by atoms with Gasteiger partial charge in [0.25, 0.3) is 0 Å². The number of likely N-dealkylation sites (tertiary alicyclic amines) is 1. The minimum Gasteiger partial charge on any atom is -0.494 e. The smallest absolute Gasteiger partial charge is 0.410 e. The molecule has 2 aromatic rings. The summed E-state index contributed by atoms with van der Waals surface area (Å²) in [6, 6.07) is 2.76. The summed E-state index contributed by atoms with van der Waals surface area (Å²) in [4.78, 5) is 38.9. The maximum absolute atomic E-state index is 14.1. The number of hydrogen-bond acceptors (Lipinski definition) is 7. The first-order valence-electron chi connectivity index (χ1n) is 10.5. The fourth-order valence-corrected chi connectivity index (χ4v) is 4.93. The molecule has 10 heteroatoms. The lowest BCUT2D eigenvalue weighted by molar-refractivity contribution is -0.129. The van der Waals surface area contributed by atoms with E-state index in [1.165, 1.54) is 19.5 Å². The molecule has 0 saturated carbocycles. The number of hydrogen-bond donors (Lipinski definition) is 0. The molecule has 2 amide bonds. The van der Waals surface area contributed by atoms with Crippen LogP contribution in [0.15, 0.2) is 18.5 Å². The maximum atomic E-state index is 14.1. The van der Waals surface area contributed by atoms with E-state index in [1.807, 2.05) is 16.7 Å². The summed E-state index contributed by atoms with van der Waals surface area (Å²) in [6.45, 7) is 4.07. The molecule has 1 aromatic heterocycles. The van der Waals surface area contributed by atoms with Crippen LogP contribution in [0.2, 0.25) is 0 Å². The Morgan fingerprint density at radius 1 is 1.29 bits per heavy atom. The van der Waals surface area contributed by atoms with Gasteiger partial charge in [-0.05, 0) is 12.5 Å². The molecule has 3 fully saturated rings. The molecule has 5 rings (SSSR count). The van der Waals surface area contributed by atoms with Crippen LogP contribution in [0.25, 0.3) is 10.9 Å². The first-order valence-corrected chi connectivity index (χ1v) is 10.5. The highest BCUT2D eigenvalue weighted by Gasteiger charge is 2.51. The maximum Gasteiger partial charge on any atom is 0.410 e. The number of fused-ring (bicyclic) bond motifs is 2. The fourth-order valence-electron chi connectivity index (χ4n) is 4.93. The molecule has 0 spiro atoms. The zero-order chi connectivity index (χ0) is 21.7. The Morgan fingerprint density at radius 2 is 2.13 bits per heavy atom. The van der Waals surface area contributed by atoms with Gasteiger partial charge in [0, 0.05) is 37.5 Å². The van der Waals surface area contributed by atoms with Crippen LogP contribution in [0, 0.1) is 5.82 Å². The number of halogens is 1. The van der Waals surface area contributed by atoms with Crippen molar-refractivity contribution in [2.24, 2.45) is 0 Å². The lowest BCUT2D eigenvalue weighted by Gasteiger charge is -2.28. The van der Waals surface area contributed by atoms with E-state index in [0.717, 1.165) is 6.42 Å². The Bertz CT molecular complexity index is 1050. The Kier molecular flexibility index (Phi) is 4.79. The van der Waals surface area contributed by atoms with Crippen LogP contribution in [0.1, 0.15) is 19.8 Å². The van der Waals surface area contributed by atoms with E-state index in [2.05, 4.69) is 9.97 Å². The summed E-state index contributed by atoms with van der Waals surface area (Å²) in [5.41, 5.74) is 0.485. The van der Waals surface area contributed by atoms with Crippen LogP contribution in [0.5, 0.6) is 5.75 Å². The molecule has 4 heterocycles. The molecule has 0 radical (unpaired) electrons. The van der Waals surface area contributed by atoms with Gasteiger partial charge < -0.3 is 19.3 Å². The first kappa shape index (κ1) is 19.8. The number of amides is 2. The average molecular weight is 429 g/mol. The van der Waals surface area contributed by atoms with Gasteiger partial charge in [-0.25, -0.2) is 19.2 Å². The highest BCUT2D eigenvalue weighted by Crippen LogP contribution is 2.36. The Morgan fingerprint density at radius 3 is 2.90 bits per heavy atom. The molecule has 3 atom stereocenters. The largest absolute Gasteiger partial charge is 0.494 e. The van der Waals surface area contributed by atoms with Crippen molar-refractivity contribution in [1.82, 2.24) is 19.8 Å². The number of anilines is 1. The van der Waals surface area contributed by atoms with Crippen LogP contribution in [0.4, 0.5) is 15.0 Å². The second-order valence-corrected chi connectivity index (χ2v) is 8.14. The van der Waals surface area contributed by atoms with Gasteiger partial charge in [0.1, 0.15) is 18.2 Å². The van der Waals surface area contributed by atoms with Gasteiger partial charge in [-0.3, -0.25) is 9.69 Å². The number of methoxy groups -OCH3 is 1. The van der Waals surface area contributed by atoms with E-state index in [1.54, 1.807) is 11.0 Å². The number of benzene rings is 1. The first-order chi connectivity index (χ1) is 15.0. The predicted octanol–water partition coefficient (Wildman–Crippen LogP) is 1.80. The number of aromatic nitrogens is 2. The van der Waals surface area contributed by atoms with Crippen molar-refractivity contribution in [3.63, 3.8) is 0 Å². The highest BCUT2D eigenvalue weighted by molar-refractivity contribution is 5.91. The van der Waals surface area contributed by atoms with E-state index < -0.39 is 5.82 Å². The summed E-state index contributed by atoms with van der Waals surface area (Å²) in [5.74, 6) is 0.407. The van der Waals surface area contributed by atoms with Crippen LogP contribution in [0.3, 0.4) is 0 Å². The summed E-state index contributed by atoms with van der Waals surface area (Å²) < 4.78 is 24.9. The number of nitrogens with zero attached hydrogens (tertiary/aromatic N) is 5. The minimum atomic E-state index is -0.481. The van der Waals surface area contributed by atoms with Gasteiger partial charge in [-0.15, -0.1) is 0 Å². The number of ether oxygens (including phenoxy) is 2. The van der Waals surface area contributed by atoms with Gasteiger partial charge in [0.05, 0.1) is 31.3 Å². The minimum absolute atomic E-state index is 0.0470. The van der Waals surface area contributed by atoms with Crippen molar-refractivity contribution in [1.29, 1.82) is 0 Å². The van der Waals surface area contributed by atoms with Crippen LogP contribution >= 0.6 is 0 Å². The highest BCUT2D eigenvalue weighted by atomic mass is 19.1. The standard InChI is InChI=1S/C21H24FN5O4/c1-3-19(28)25-5-4-12(8-25)27-16-9-26(10-18(16)31-21(27)29)20-13-6-17(30-2)14(22)7-15(13)23-11-24-20/h6-7,11-12,16,18H,3-5,8-10H2,1-2H3/t12?,16-,18+/m1/s1. The van der Waals surface area contributed by atoms with Crippen LogP contribution in [-0.4, -0.2) is 83.2 Å². The second-order valence-electron chi connectivity index (χ2n) is 8.14. The summed E-state index contributed by atoms with van der Waals surface area (Å²) in [5, 5.41) is 0.680. The lowest BCUT2D eigenvalue weighted by Crippen LogP contribution is -2.46. The molecule has 9 nitrogen and oxygen atoms in total. The van der Waals surface area contributed by atoms with E-state index in [0.29, 0.717) is 49.3 Å². The van der Waals surface area contributed by atoms with Crippen molar-refractivity contribution >= 4 is 28.7 Å². The van der Waals surface area contributed by atoms with Crippen molar-refractivity contribution in [3.05, 3.63) is 24.3 Å². The Labute approximate surface area is 178 Å². The van der Waals surface area contributed by atoms with Crippen molar-refractivity contribution in [3.8, 4) is 5.75 Å². The van der Waals surface area contributed by atoms with Crippen LogP contribution in [-0.2, 0) is 9.53 Å². The molecule has 164 valence electrons. The van der Waals surface area contributed by atoms with Crippen molar-refractivity contribution in [2.75, 3.05) is 38.2 Å². The topological polar surface area (TPSA) is 88.1 Å². The zero-order valence-corrected chi connectivity index (χ0v) is 17.5. The third kappa shape index (κ3) is 3.21. The Hall–Kier alpha value is -3.17. The molecular weight excluding hydrogens is 405 g/mol. The predicted molar refractivity (Wildman–Crippen MR) is 109 cm³/mol. The molecule has 0 aliphatic carbocycles. The normalized spacial score (nSPS) is 25.3. The van der Waals surface area contributed by atoms with E-state index >= 15 is 0 Å². The second kappa shape index (κ2) is 7.51. The molecule has 3 aliphatic rings. The molecule has 0 N–H and O–H groups in total. The van der Waals surface area contributed by atoms with Crippen LogP contribution < -0.4 is 9.64 Å². The number of carbonyl (C=O) groups excluding carboxylic acids is 2. The third-order valence-corrected chi connectivity index (χ3v) is 6.46. The lowest BCUT2D eigenvalue weighted by atomic mass is 10.1. The third-order valence-electron chi connectivity index (χ3n) is 6.46. The zero-order valence-electron chi connectivity index (χ0n) is 17.5. The van der Waals surface area contributed by atoms with Gasteiger partial charge >= 0.3 is 6.09 Å². The molecule has 3 aliphatic heterocycles. The monoisotopic (exact) mass is 429 g/mol. The van der Waals surface area contributed by atoms with E-state index in [-0.39, 0.29) is 35.9 Å². The summed E-state index contributed by atoms with van der Waals surface area (Å²) in [7, 11) is 1.42. The molecule has 3 saturated heterocycles.